The molecule has 1 fully saturated rings. The van der Waals surface area contributed by atoms with Crippen LogP contribution in [0.5, 0.6) is 5.75 Å². The van der Waals surface area contributed by atoms with Gasteiger partial charge in [-0.1, -0.05) is 12.1 Å². The summed E-state index contributed by atoms with van der Waals surface area (Å²) in [4.78, 5) is 11.9. The maximum absolute atomic E-state index is 11.9. The molecular formula is C16H23BrN2O2. The van der Waals surface area contributed by atoms with E-state index in [0.29, 0.717) is 25.1 Å². The summed E-state index contributed by atoms with van der Waals surface area (Å²) in [5, 5.41) is 6.50. The average molecular weight is 355 g/mol. The van der Waals surface area contributed by atoms with Crippen molar-refractivity contribution >= 4 is 21.8 Å². The third kappa shape index (κ3) is 5.67. The van der Waals surface area contributed by atoms with Crippen molar-refractivity contribution in [2.45, 2.75) is 44.7 Å². The smallest absolute Gasteiger partial charge is 0.220 e. The van der Waals surface area contributed by atoms with Crippen LogP contribution in [0, 0.1) is 0 Å². The highest BCUT2D eigenvalue weighted by Crippen LogP contribution is 2.23. The predicted molar refractivity (Wildman–Crippen MR) is 87.5 cm³/mol. The third-order valence-corrected chi connectivity index (χ3v) is 4.29. The van der Waals surface area contributed by atoms with Crippen molar-refractivity contribution in [3.8, 4) is 5.75 Å². The lowest BCUT2D eigenvalue weighted by atomic mass is 10.0. The van der Waals surface area contributed by atoms with Crippen LogP contribution in [0.25, 0.3) is 0 Å². The van der Waals surface area contributed by atoms with Gasteiger partial charge in [0.15, 0.2) is 0 Å². The van der Waals surface area contributed by atoms with Crippen molar-refractivity contribution in [2.24, 2.45) is 0 Å². The molecule has 0 bridgehead atoms. The first-order chi connectivity index (χ1) is 10.1. The van der Waals surface area contributed by atoms with E-state index in [1.807, 2.05) is 24.3 Å². The Labute approximate surface area is 134 Å². The van der Waals surface area contributed by atoms with Crippen LogP contribution in [0.1, 0.15) is 32.6 Å². The van der Waals surface area contributed by atoms with Gasteiger partial charge < -0.3 is 15.4 Å². The second kappa shape index (κ2) is 8.39. The molecule has 0 radical (unpaired) electrons. The van der Waals surface area contributed by atoms with Gasteiger partial charge >= 0.3 is 0 Å². The lowest BCUT2D eigenvalue weighted by Gasteiger charge is -2.28. The number of benzene rings is 1. The summed E-state index contributed by atoms with van der Waals surface area (Å²) in [7, 11) is 0. The first kappa shape index (κ1) is 16.3. The van der Waals surface area contributed by atoms with E-state index in [1.165, 1.54) is 0 Å². The minimum atomic E-state index is 0.129. The lowest BCUT2D eigenvalue weighted by Crippen LogP contribution is -2.46. The molecule has 116 valence electrons. The molecule has 0 saturated carbocycles. The van der Waals surface area contributed by atoms with Gasteiger partial charge in [-0.2, -0.15) is 0 Å². The Morgan fingerprint density at radius 1 is 1.48 bits per heavy atom. The molecule has 5 heteroatoms. The highest BCUT2D eigenvalue weighted by atomic mass is 79.9. The summed E-state index contributed by atoms with van der Waals surface area (Å²) in [6.07, 6.45) is 3.28. The van der Waals surface area contributed by atoms with Crippen LogP contribution < -0.4 is 15.4 Å². The molecular weight excluding hydrogens is 332 g/mol. The largest absolute Gasteiger partial charge is 0.492 e. The van der Waals surface area contributed by atoms with Gasteiger partial charge in [-0.25, -0.2) is 0 Å². The van der Waals surface area contributed by atoms with Crippen LogP contribution in [-0.2, 0) is 4.79 Å². The summed E-state index contributed by atoms with van der Waals surface area (Å²) < 4.78 is 6.60. The maximum atomic E-state index is 11.9. The molecule has 2 atom stereocenters. The summed E-state index contributed by atoms with van der Waals surface area (Å²) >= 11 is 3.44. The molecule has 1 amide bonds. The van der Waals surface area contributed by atoms with Crippen LogP contribution in [0.15, 0.2) is 28.7 Å². The number of rotatable bonds is 6. The van der Waals surface area contributed by atoms with Crippen molar-refractivity contribution in [2.75, 3.05) is 13.2 Å². The molecule has 2 N–H and O–H groups in total. The average Bonchev–Trinajstić information content (AvgIpc) is 2.45. The van der Waals surface area contributed by atoms with E-state index >= 15 is 0 Å². The maximum Gasteiger partial charge on any atom is 0.220 e. The van der Waals surface area contributed by atoms with Gasteiger partial charge in [0.2, 0.25) is 5.91 Å². The molecule has 21 heavy (non-hydrogen) atoms. The molecule has 1 aromatic carbocycles. The summed E-state index contributed by atoms with van der Waals surface area (Å²) in [6, 6.07) is 8.55. The fourth-order valence-corrected chi connectivity index (χ4v) is 2.94. The molecule has 1 heterocycles. The Hall–Kier alpha value is -1.07. The van der Waals surface area contributed by atoms with E-state index < -0.39 is 0 Å². The number of carbonyl (C=O) groups excluding carboxylic acids is 1. The van der Waals surface area contributed by atoms with Gasteiger partial charge in [-0.05, 0) is 60.8 Å². The number of hydrogen-bond acceptors (Lipinski definition) is 3. The zero-order valence-corrected chi connectivity index (χ0v) is 14.0. The highest BCUT2D eigenvalue weighted by molar-refractivity contribution is 9.10. The SMILES string of the molecule is CC1CC(NC(=O)CCCOc2ccccc2Br)CCN1. The zero-order chi connectivity index (χ0) is 15.1. The molecule has 0 spiro atoms. The number of piperidine rings is 1. The fraction of sp³-hybridized carbons (Fsp3) is 0.562. The molecule has 1 aliphatic heterocycles. The quantitative estimate of drug-likeness (QED) is 0.772. The summed E-state index contributed by atoms with van der Waals surface area (Å²) in [5.41, 5.74) is 0. The van der Waals surface area contributed by atoms with Crippen molar-refractivity contribution in [3.63, 3.8) is 0 Å². The number of ether oxygens (including phenoxy) is 1. The number of carbonyl (C=O) groups is 1. The number of halogens is 1. The molecule has 2 unspecified atom stereocenters. The Balaban J connectivity index is 1.62. The lowest BCUT2D eigenvalue weighted by molar-refractivity contribution is -0.122. The van der Waals surface area contributed by atoms with Gasteiger partial charge in [0, 0.05) is 18.5 Å². The van der Waals surface area contributed by atoms with Crippen molar-refractivity contribution in [3.05, 3.63) is 28.7 Å². The summed E-state index contributed by atoms with van der Waals surface area (Å²) in [5.74, 6) is 0.954. The highest BCUT2D eigenvalue weighted by Gasteiger charge is 2.19. The standard InChI is InChI=1S/C16H23BrN2O2/c1-12-11-13(8-9-18-12)19-16(20)7-4-10-21-15-6-3-2-5-14(15)17/h2-3,5-6,12-13,18H,4,7-11H2,1H3,(H,19,20). The van der Waals surface area contributed by atoms with Crippen LogP contribution in [0.4, 0.5) is 0 Å². The van der Waals surface area contributed by atoms with Crippen LogP contribution in [0.3, 0.4) is 0 Å². The van der Waals surface area contributed by atoms with E-state index in [4.69, 9.17) is 4.74 Å². The Morgan fingerprint density at radius 3 is 3.05 bits per heavy atom. The summed E-state index contributed by atoms with van der Waals surface area (Å²) in [6.45, 7) is 3.69. The van der Waals surface area contributed by atoms with Crippen LogP contribution >= 0.6 is 15.9 Å². The van der Waals surface area contributed by atoms with Crippen LogP contribution in [0.2, 0.25) is 0 Å². The Morgan fingerprint density at radius 2 is 2.29 bits per heavy atom. The molecule has 1 aromatic rings. The van der Waals surface area contributed by atoms with E-state index in [2.05, 4.69) is 33.5 Å². The fourth-order valence-electron chi connectivity index (χ4n) is 2.54. The molecule has 1 saturated heterocycles. The van der Waals surface area contributed by atoms with Gasteiger partial charge in [0.05, 0.1) is 11.1 Å². The molecule has 0 aliphatic carbocycles. The molecule has 1 aliphatic rings. The normalized spacial score (nSPS) is 21.8. The number of hydrogen-bond donors (Lipinski definition) is 2. The zero-order valence-electron chi connectivity index (χ0n) is 12.4. The number of amides is 1. The molecule has 4 nitrogen and oxygen atoms in total. The van der Waals surface area contributed by atoms with Crippen molar-refractivity contribution in [1.82, 2.24) is 10.6 Å². The van der Waals surface area contributed by atoms with Gasteiger partial charge in [-0.3, -0.25) is 4.79 Å². The van der Waals surface area contributed by atoms with Gasteiger partial charge in [0.25, 0.3) is 0 Å². The third-order valence-electron chi connectivity index (χ3n) is 3.63. The monoisotopic (exact) mass is 354 g/mol. The number of para-hydroxylation sites is 1. The first-order valence-corrected chi connectivity index (χ1v) is 8.34. The Bertz CT molecular complexity index is 467. The molecule has 2 rings (SSSR count). The predicted octanol–water partition coefficient (Wildman–Crippen LogP) is 2.86. The van der Waals surface area contributed by atoms with Crippen molar-refractivity contribution < 1.29 is 9.53 Å². The minimum absolute atomic E-state index is 0.129. The van der Waals surface area contributed by atoms with E-state index in [0.717, 1.165) is 36.0 Å². The van der Waals surface area contributed by atoms with Crippen LogP contribution in [-0.4, -0.2) is 31.1 Å². The number of nitrogens with one attached hydrogen (secondary N) is 2. The van der Waals surface area contributed by atoms with E-state index in [9.17, 15) is 4.79 Å². The molecule has 0 aromatic heterocycles. The second-order valence-corrected chi connectivity index (χ2v) is 6.38. The minimum Gasteiger partial charge on any atom is -0.492 e. The van der Waals surface area contributed by atoms with Crippen molar-refractivity contribution in [1.29, 1.82) is 0 Å². The first-order valence-electron chi connectivity index (χ1n) is 7.55. The second-order valence-electron chi connectivity index (χ2n) is 5.53. The van der Waals surface area contributed by atoms with E-state index in [-0.39, 0.29) is 5.91 Å². The van der Waals surface area contributed by atoms with E-state index in [1.54, 1.807) is 0 Å². The van der Waals surface area contributed by atoms with Gasteiger partial charge in [0.1, 0.15) is 5.75 Å². The topological polar surface area (TPSA) is 50.4 Å². The Kier molecular flexibility index (Phi) is 6.51. The van der Waals surface area contributed by atoms with Gasteiger partial charge in [-0.15, -0.1) is 0 Å².